The molecule has 3 aromatic rings. The number of aryl methyl sites for hydroxylation is 1. The van der Waals surface area contributed by atoms with E-state index in [0.717, 1.165) is 28.0 Å². The smallest absolute Gasteiger partial charge is 0.307 e. The lowest BCUT2D eigenvalue weighted by atomic mass is 10.0. The van der Waals surface area contributed by atoms with Gasteiger partial charge in [0, 0.05) is 0 Å². The first-order valence-corrected chi connectivity index (χ1v) is 10.2. The monoisotopic (exact) mass is 417 g/mol. The molecule has 0 amide bonds. The Morgan fingerprint density at radius 3 is 2.35 bits per heavy atom. The van der Waals surface area contributed by atoms with Gasteiger partial charge < -0.3 is 9.84 Å². The van der Waals surface area contributed by atoms with Crippen molar-refractivity contribution in [3.05, 3.63) is 95.6 Å². The van der Waals surface area contributed by atoms with E-state index in [0.29, 0.717) is 19.0 Å². The lowest BCUT2D eigenvalue weighted by Gasteiger charge is -2.13. The largest absolute Gasteiger partial charge is 0.491 e. The van der Waals surface area contributed by atoms with Crippen LogP contribution >= 0.6 is 0 Å². The maximum Gasteiger partial charge on any atom is 0.307 e. The third-order valence-electron chi connectivity index (χ3n) is 4.69. The summed E-state index contributed by atoms with van der Waals surface area (Å²) in [6, 6.07) is 24.0. The van der Waals surface area contributed by atoms with Crippen molar-refractivity contribution in [2.45, 2.75) is 20.3 Å². The molecule has 0 unspecified atom stereocenters. The van der Waals surface area contributed by atoms with Crippen LogP contribution in [-0.2, 0) is 16.1 Å². The fourth-order valence-corrected chi connectivity index (χ4v) is 3.27. The molecule has 5 heteroatoms. The van der Waals surface area contributed by atoms with Gasteiger partial charge in [-0.2, -0.15) is 0 Å². The minimum Gasteiger partial charge on any atom is -0.491 e. The van der Waals surface area contributed by atoms with Crippen LogP contribution in [0.15, 0.2) is 78.9 Å². The Kier molecular flexibility index (Phi) is 7.85. The molecule has 0 aliphatic rings. The molecule has 3 rings (SSSR count). The van der Waals surface area contributed by atoms with Crippen LogP contribution in [0.3, 0.4) is 0 Å². The van der Waals surface area contributed by atoms with E-state index in [9.17, 15) is 4.79 Å². The lowest BCUT2D eigenvalue weighted by Crippen LogP contribution is -2.18. The van der Waals surface area contributed by atoms with Crippen LogP contribution in [0.25, 0.3) is 16.8 Å². The van der Waals surface area contributed by atoms with Crippen molar-refractivity contribution in [1.82, 2.24) is 5.48 Å². The van der Waals surface area contributed by atoms with Crippen molar-refractivity contribution >= 4 is 11.7 Å². The maximum absolute atomic E-state index is 10.9. The third kappa shape index (κ3) is 6.73. The number of hydrogen-bond donors (Lipinski definition) is 2. The van der Waals surface area contributed by atoms with Gasteiger partial charge in [-0.3, -0.25) is 15.1 Å². The summed E-state index contributed by atoms with van der Waals surface area (Å²) in [7, 11) is 0. The van der Waals surface area contributed by atoms with E-state index in [-0.39, 0.29) is 6.42 Å². The molecule has 0 fully saturated rings. The molecule has 2 N–H and O–H groups in total. The van der Waals surface area contributed by atoms with Crippen LogP contribution < -0.4 is 10.2 Å². The third-order valence-corrected chi connectivity index (χ3v) is 4.69. The zero-order valence-electron chi connectivity index (χ0n) is 17.8. The van der Waals surface area contributed by atoms with Crippen molar-refractivity contribution in [2.24, 2.45) is 0 Å². The van der Waals surface area contributed by atoms with Crippen LogP contribution in [0.4, 0.5) is 0 Å². The fourth-order valence-electron chi connectivity index (χ4n) is 3.27. The highest BCUT2D eigenvalue weighted by Crippen LogP contribution is 2.21. The number of aliphatic carboxylic acids is 1. The second-order valence-electron chi connectivity index (χ2n) is 7.17. The number of hydrogen-bond acceptors (Lipinski definition) is 4. The van der Waals surface area contributed by atoms with E-state index in [1.54, 1.807) is 6.07 Å². The van der Waals surface area contributed by atoms with Crippen LogP contribution in [-0.4, -0.2) is 24.3 Å². The molecule has 0 aliphatic carbocycles. The van der Waals surface area contributed by atoms with Crippen LogP contribution in [0.5, 0.6) is 5.75 Å². The lowest BCUT2D eigenvalue weighted by molar-refractivity contribution is -0.136. The Morgan fingerprint density at radius 2 is 1.68 bits per heavy atom. The van der Waals surface area contributed by atoms with Gasteiger partial charge in [-0.1, -0.05) is 66.7 Å². The van der Waals surface area contributed by atoms with Gasteiger partial charge in [-0.25, -0.2) is 0 Å². The number of hydroxylamine groups is 1. The average Bonchev–Trinajstić information content (AvgIpc) is 2.76. The van der Waals surface area contributed by atoms with Crippen LogP contribution in [0.1, 0.15) is 23.6 Å². The van der Waals surface area contributed by atoms with Gasteiger partial charge in [0.05, 0.1) is 12.1 Å². The summed E-state index contributed by atoms with van der Waals surface area (Å²) in [4.78, 5) is 16.5. The van der Waals surface area contributed by atoms with Crippen molar-refractivity contribution in [3.63, 3.8) is 0 Å². The Balaban J connectivity index is 1.49. The second kappa shape index (κ2) is 11.0. The quantitative estimate of drug-likeness (QED) is 0.348. The maximum atomic E-state index is 10.9. The number of nitrogens with one attached hydrogen (secondary N) is 1. The van der Waals surface area contributed by atoms with E-state index in [2.05, 4.69) is 41.9 Å². The van der Waals surface area contributed by atoms with Crippen molar-refractivity contribution < 1.29 is 19.5 Å². The molecule has 31 heavy (non-hydrogen) atoms. The molecule has 0 spiro atoms. The Morgan fingerprint density at radius 1 is 0.968 bits per heavy atom. The summed E-state index contributed by atoms with van der Waals surface area (Å²) < 4.78 is 5.72. The van der Waals surface area contributed by atoms with Crippen molar-refractivity contribution in [2.75, 3.05) is 13.2 Å². The number of carbonyl (C=O) groups is 1. The Labute approximate surface area is 182 Å². The Bertz CT molecular complexity index is 1030. The van der Waals surface area contributed by atoms with E-state index >= 15 is 0 Å². The topological polar surface area (TPSA) is 67.8 Å². The first kappa shape index (κ1) is 22.1. The normalized spacial score (nSPS) is 11.2. The zero-order chi connectivity index (χ0) is 22.1. The van der Waals surface area contributed by atoms with Gasteiger partial charge in [0.2, 0.25) is 0 Å². The summed E-state index contributed by atoms with van der Waals surface area (Å²) >= 11 is 0. The van der Waals surface area contributed by atoms with Crippen molar-refractivity contribution in [3.8, 4) is 16.9 Å². The van der Waals surface area contributed by atoms with Gasteiger partial charge in [0.1, 0.15) is 19.0 Å². The van der Waals surface area contributed by atoms with E-state index < -0.39 is 5.97 Å². The zero-order valence-corrected chi connectivity index (χ0v) is 17.8. The molecular weight excluding hydrogens is 390 g/mol. The molecule has 3 aromatic carbocycles. The molecule has 160 valence electrons. The van der Waals surface area contributed by atoms with Crippen molar-refractivity contribution in [1.29, 1.82) is 0 Å². The van der Waals surface area contributed by atoms with E-state index in [4.69, 9.17) is 14.7 Å². The number of ether oxygens (including phenoxy) is 1. The first-order chi connectivity index (χ1) is 15.0. The molecule has 0 radical (unpaired) electrons. The van der Waals surface area contributed by atoms with Crippen LogP contribution in [0, 0.1) is 6.92 Å². The van der Waals surface area contributed by atoms with E-state index in [1.807, 2.05) is 50.3 Å². The second-order valence-corrected chi connectivity index (χ2v) is 7.17. The van der Waals surface area contributed by atoms with Gasteiger partial charge in [-0.15, -0.1) is 0 Å². The summed E-state index contributed by atoms with van der Waals surface area (Å²) in [6.07, 6.45) is 1.93. The van der Waals surface area contributed by atoms with Gasteiger partial charge in [0.15, 0.2) is 0 Å². The highest BCUT2D eigenvalue weighted by atomic mass is 16.7. The van der Waals surface area contributed by atoms with Gasteiger partial charge in [-0.05, 0) is 53.8 Å². The molecule has 0 aromatic heterocycles. The highest BCUT2D eigenvalue weighted by Gasteiger charge is 2.05. The SMILES string of the molecule is CC=C(NOCCOc1cc(C)cc(CC(=O)O)c1)c1ccc(-c2ccccc2)cc1. The predicted molar refractivity (Wildman–Crippen MR) is 123 cm³/mol. The van der Waals surface area contributed by atoms with Gasteiger partial charge in [0.25, 0.3) is 0 Å². The minimum atomic E-state index is -0.861. The number of allylic oxidation sites excluding steroid dienone is 1. The molecule has 0 bridgehead atoms. The average molecular weight is 418 g/mol. The summed E-state index contributed by atoms with van der Waals surface area (Å²) in [5.41, 5.74) is 8.91. The van der Waals surface area contributed by atoms with Gasteiger partial charge >= 0.3 is 5.97 Å². The molecule has 0 atom stereocenters. The first-order valence-electron chi connectivity index (χ1n) is 10.2. The fraction of sp³-hybridized carbons (Fsp3) is 0.192. The standard InChI is InChI=1S/C26H27NO4/c1-3-25(23-11-9-22(10-12-23)21-7-5-4-6-8-21)27-31-14-13-30-24-16-19(2)15-20(17-24)18-26(28)29/h3-12,15-17,27H,13-14,18H2,1-2H3,(H,28,29). The van der Waals surface area contributed by atoms with E-state index in [1.165, 1.54) is 5.56 Å². The number of carboxylic acid groups (broad SMARTS) is 1. The van der Waals surface area contributed by atoms with Crippen LogP contribution in [0.2, 0.25) is 0 Å². The molecular formula is C26H27NO4. The predicted octanol–water partition coefficient (Wildman–Crippen LogP) is 5.25. The summed E-state index contributed by atoms with van der Waals surface area (Å²) in [5, 5.41) is 8.96. The highest BCUT2D eigenvalue weighted by molar-refractivity contribution is 5.70. The molecule has 0 saturated carbocycles. The summed E-state index contributed by atoms with van der Waals surface area (Å²) in [5.74, 6) is -0.220. The molecule has 0 heterocycles. The Hall–Kier alpha value is -3.57. The number of benzene rings is 3. The molecule has 0 saturated heterocycles. The molecule has 0 aliphatic heterocycles. The summed E-state index contributed by atoms with van der Waals surface area (Å²) in [6.45, 7) is 4.54. The molecule has 5 nitrogen and oxygen atoms in total. The minimum absolute atomic E-state index is 0.0240. The number of rotatable bonds is 10. The number of carboxylic acids is 1.